The SMILES string of the molecule is CC(C(=O)O)N1CCN(C(=O)N(C)C2CCC2)CC1. The topological polar surface area (TPSA) is 64.1 Å². The number of carbonyl (C=O) groups is 2. The fourth-order valence-electron chi connectivity index (χ4n) is 2.61. The van der Waals surface area contributed by atoms with E-state index in [9.17, 15) is 9.59 Å². The van der Waals surface area contributed by atoms with Gasteiger partial charge in [0.1, 0.15) is 6.04 Å². The van der Waals surface area contributed by atoms with E-state index in [1.165, 1.54) is 6.42 Å². The van der Waals surface area contributed by atoms with Crippen molar-refractivity contribution < 1.29 is 14.7 Å². The minimum absolute atomic E-state index is 0.0901. The highest BCUT2D eigenvalue weighted by Gasteiger charge is 2.32. The molecule has 0 aromatic carbocycles. The number of hydrogen-bond donors (Lipinski definition) is 1. The van der Waals surface area contributed by atoms with Gasteiger partial charge in [0, 0.05) is 39.3 Å². The van der Waals surface area contributed by atoms with Crippen molar-refractivity contribution in [1.29, 1.82) is 0 Å². The molecule has 108 valence electrons. The Labute approximate surface area is 114 Å². The predicted octanol–water partition coefficient (Wildman–Crippen LogP) is 0.681. The van der Waals surface area contributed by atoms with Crippen LogP contribution in [0.2, 0.25) is 0 Å². The van der Waals surface area contributed by atoms with Crippen molar-refractivity contribution in [3.63, 3.8) is 0 Å². The van der Waals surface area contributed by atoms with Gasteiger partial charge in [0.25, 0.3) is 0 Å². The minimum atomic E-state index is -0.800. The van der Waals surface area contributed by atoms with Crippen molar-refractivity contribution >= 4 is 12.0 Å². The fourth-order valence-corrected chi connectivity index (χ4v) is 2.61. The molecule has 0 bridgehead atoms. The monoisotopic (exact) mass is 269 g/mol. The van der Waals surface area contributed by atoms with Crippen LogP contribution in [0.4, 0.5) is 4.79 Å². The molecule has 2 amide bonds. The van der Waals surface area contributed by atoms with E-state index in [0.29, 0.717) is 32.2 Å². The highest BCUT2D eigenvalue weighted by atomic mass is 16.4. The van der Waals surface area contributed by atoms with Gasteiger partial charge in [0.15, 0.2) is 0 Å². The Bertz CT molecular complexity index is 349. The lowest BCUT2D eigenvalue weighted by molar-refractivity contribution is -0.143. The molecule has 0 spiro atoms. The first-order chi connectivity index (χ1) is 9.00. The number of piperazine rings is 1. The first-order valence-corrected chi connectivity index (χ1v) is 6.99. The van der Waals surface area contributed by atoms with Crippen LogP contribution in [-0.4, -0.2) is 77.1 Å². The Morgan fingerprint density at radius 1 is 1.21 bits per heavy atom. The minimum Gasteiger partial charge on any atom is -0.480 e. The standard InChI is InChI=1S/C13H23N3O3/c1-10(12(17)18)15-6-8-16(9-7-15)13(19)14(2)11-4-3-5-11/h10-11H,3-9H2,1-2H3,(H,17,18). The molecular formula is C13H23N3O3. The Balaban J connectivity index is 1.82. The van der Waals surface area contributed by atoms with Crippen LogP contribution in [-0.2, 0) is 4.79 Å². The molecule has 6 nitrogen and oxygen atoms in total. The van der Waals surface area contributed by atoms with E-state index in [1.54, 1.807) is 6.92 Å². The molecular weight excluding hydrogens is 246 g/mol. The van der Waals surface area contributed by atoms with Crippen LogP contribution in [0.5, 0.6) is 0 Å². The number of carboxylic acid groups (broad SMARTS) is 1. The lowest BCUT2D eigenvalue weighted by atomic mass is 9.92. The molecule has 1 saturated carbocycles. The zero-order valence-corrected chi connectivity index (χ0v) is 11.7. The van der Waals surface area contributed by atoms with Crippen molar-refractivity contribution in [2.24, 2.45) is 0 Å². The average Bonchev–Trinajstić information content (AvgIpc) is 2.35. The van der Waals surface area contributed by atoms with Crippen LogP contribution < -0.4 is 0 Å². The van der Waals surface area contributed by atoms with Crippen LogP contribution >= 0.6 is 0 Å². The molecule has 1 aliphatic carbocycles. The quantitative estimate of drug-likeness (QED) is 0.818. The van der Waals surface area contributed by atoms with E-state index in [2.05, 4.69) is 0 Å². The van der Waals surface area contributed by atoms with Gasteiger partial charge in [-0.3, -0.25) is 9.69 Å². The smallest absolute Gasteiger partial charge is 0.320 e. The van der Waals surface area contributed by atoms with Crippen molar-refractivity contribution in [2.45, 2.75) is 38.3 Å². The molecule has 0 radical (unpaired) electrons. The van der Waals surface area contributed by atoms with Crippen molar-refractivity contribution in [3.8, 4) is 0 Å². The summed E-state index contributed by atoms with van der Waals surface area (Å²) in [7, 11) is 1.87. The van der Waals surface area contributed by atoms with Crippen molar-refractivity contribution in [3.05, 3.63) is 0 Å². The Kier molecular flexibility index (Phi) is 4.29. The molecule has 1 N–H and O–H groups in total. The van der Waals surface area contributed by atoms with Crippen LogP contribution in [0.25, 0.3) is 0 Å². The summed E-state index contributed by atoms with van der Waals surface area (Å²) in [5, 5.41) is 8.98. The van der Waals surface area contributed by atoms with Gasteiger partial charge in [-0.25, -0.2) is 4.79 Å². The second kappa shape index (κ2) is 5.77. The van der Waals surface area contributed by atoms with Crippen LogP contribution in [0, 0.1) is 0 Å². The van der Waals surface area contributed by atoms with Gasteiger partial charge >= 0.3 is 12.0 Å². The van der Waals surface area contributed by atoms with Gasteiger partial charge < -0.3 is 14.9 Å². The third-order valence-corrected chi connectivity index (χ3v) is 4.41. The third-order valence-electron chi connectivity index (χ3n) is 4.41. The number of carbonyl (C=O) groups excluding carboxylic acids is 1. The lowest BCUT2D eigenvalue weighted by Gasteiger charge is -2.41. The number of amides is 2. The number of carboxylic acids is 1. The number of urea groups is 1. The van der Waals surface area contributed by atoms with E-state index in [-0.39, 0.29) is 6.03 Å². The number of nitrogens with zero attached hydrogens (tertiary/aromatic N) is 3. The largest absolute Gasteiger partial charge is 0.480 e. The van der Waals surface area contributed by atoms with E-state index in [0.717, 1.165) is 12.8 Å². The highest BCUT2D eigenvalue weighted by Crippen LogP contribution is 2.24. The molecule has 2 aliphatic rings. The molecule has 6 heteroatoms. The molecule has 1 heterocycles. The summed E-state index contributed by atoms with van der Waals surface area (Å²) < 4.78 is 0. The zero-order valence-electron chi connectivity index (χ0n) is 11.7. The Hall–Kier alpha value is -1.30. The van der Waals surface area contributed by atoms with Gasteiger partial charge in [-0.15, -0.1) is 0 Å². The molecule has 1 saturated heterocycles. The summed E-state index contributed by atoms with van der Waals surface area (Å²) in [5.41, 5.74) is 0. The maximum atomic E-state index is 12.3. The first-order valence-electron chi connectivity index (χ1n) is 6.99. The average molecular weight is 269 g/mol. The summed E-state index contributed by atoms with van der Waals surface area (Å²) in [4.78, 5) is 28.8. The summed E-state index contributed by atoms with van der Waals surface area (Å²) in [6.45, 7) is 4.21. The highest BCUT2D eigenvalue weighted by molar-refractivity contribution is 5.75. The van der Waals surface area contributed by atoms with E-state index in [1.807, 2.05) is 21.7 Å². The summed E-state index contributed by atoms with van der Waals surface area (Å²) >= 11 is 0. The molecule has 1 unspecified atom stereocenters. The third kappa shape index (κ3) is 3.00. The fraction of sp³-hybridized carbons (Fsp3) is 0.846. The van der Waals surface area contributed by atoms with Crippen LogP contribution in [0.15, 0.2) is 0 Å². The maximum Gasteiger partial charge on any atom is 0.320 e. The Morgan fingerprint density at radius 3 is 2.21 bits per heavy atom. The van der Waals surface area contributed by atoms with Gasteiger partial charge in [0.05, 0.1) is 0 Å². The summed E-state index contributed by atoms with van der Waals surface area (Å²) in [6, 6.07) is 0.0254. The van der Waals surface area contributed by atoms with Crippen molar-refractivity contribution in [2.75, 3.05) is 33.2 Å². The molecule has 0 aromatic heterocycles. The first kappa shape index (κ1) is 14.1. The molecule has 0 aromatic rings. The molecule has 2 fully saturated rings. The van der Waals surface area contributed by atoms with Crippen LogP contribution in [0.3, 0.4) is 0 Å². The number of rotatable bonds is 3. The maximum absolute atomic E-state index is 12.3. The van der Waals surface area contributed by atoms with Gasteiger partial charge in [0.2, 0.25) is 0 Å². The number of aliphatic carboxylic acids is 1. The second-order valence-corrected chi connectivity index (χ2v) is 5.52. The predicted molar refractivity (Wildman–Crippen MR) is 71.0 cm³/mol. The zero-order chi connectivity index (χ0) is 14.0. The lowest BCUT2D eigenvalue weighted by Crippen LogP contribution is -2.57. The molecule has 2 rings (SSSR count). The molecule has 1 aliphatic heterocycles. The van der Waals surface area contributed by atoms with Crippen molar-refractivity contribution in [1.82, 2.24) is 14.7 Å². The summed E-state index contributed by atoms with van der Waals surface area (Å²) in [5.74, 6) is -0.800. The van der Waals surface area contributed by atoms with E-state index >= 15 is 0 Å². The number of hydrogen-bond acceptors (Lipinski definition) is 3. The van der Waals surface area contributed by atoms with E-state index < -0.39 is 12.0 Å². The normalized spacial score (nSPS) is 22.7. The van der Waals surface area contributed by atoms with Gasteiger partial charge in [-0.05, 0) is 26.2 Å². The van der Waals surface area contributed by atoms with E-state index in [4.69, 9.17) is 5.11 Å². The molecule has 19 heavy (non-hydrogen) atoms. The summed E-state index contributed by atoms with van der Waals surface area (Å²) in [6.07, 6.45) is 3.43. The van der Waals surface area contributed by atoms with Gasteiger partial charge in [-0.2, -0.15) is 0 Å². The second-order valence-electron chi connectivity index (χ2n) is 5.52. The Morgan fingerprint density at radius 2 is 1.79 bits per heavy atom. The van der Waals surface area contributed by atoms with Crippen LogP contribution in [0.1, 0.15) is 26.2 Å². The molecule has 1 atom stereocenters. The van der Waals surface area contributed by atoms with Gasteiger partial charge in [-0.1, -0.05) is 0 Å².